The van der Waals surface area contributed by atoms with Gasteiger partial charge < -0.3 is 10.6 Å². The number of halogens is 1. The van der Waals surface area contributed by atoms with Crippen LogP contribution in [0.5, 0.6) is 0 Å². The van der Waals surface area contributed by atoms with Crippen LogP contribution in [0.25, 0.3) is 0 Å². The van der Waals surface area contributed by atoms with E-state index >= 15 is 0 Å². The first-order valence-electron chi connectivity index (χ1n) is 7.44. The molecule has 20 heavy (non-hydrogen) atoms. The summed E-state index contributed by atoms with van der Waals surface area (Å²) in [6.45, 7) is 3.92. The summed E-state index contributed by atoms with van der Waals surface area (Å²) in [5.41, 5.74) is 1.21. The number of rotatable bonds is 6. The maximum atomic E-state index is 12.3. The molecule has 2 atom stereocenters. The van der Waals surface area contributed by atoms with Crippen LogP contribution in [0.4, 0.5) is 0 Å². The third-order valence-electron chi connectivity index (χ3n) is 3.92. The molecule has 0 saturated carbocycles. The molecule has 2 rings (SSSR count). The summed E-state index contributed by atoms with van der Waals surface area (Å²) in [6.07, 6.45) is 4.06. The molecule has 3 nitrogen and oxygen atoms in total. The molecule has 2 N–H and O–H groups in total. The smallest absolute Gasteiger partial charge is 0.223 e. The van der Waals surface area contributed by atoms with Crippen molar-refractivity contribution in [1.82, 2.24) is 10.6 Å². The Kier molecular flexibility index (Phi) is 6.05. The van der Waals surface area contributed by atoms with Gasteiger partial charge in [-0.15, -0.1) is 0 Å². The second-order valence-corrected chi connectivity index (χ2v) is 6.39. The molecule has 0 aromatic heterocycles. The van der Waals surface area contributed by atoms with Gasteiger partial charge in [0.1, 0.15) is 0 Å². The van der Waals surface area contributed by atoms with Gasteiger partial charge in [-0.3, -0.25) is 4.79 Å². The zero-order valence-corrected chi connectivity index (χ0v) is 13.6. The highest BCUT2D eigenvalue weighted by Gasteiger charge is 2.19. The van der Waals surface area contributed by atoms with Crippen molar-refractivity contribution in [2.24, 2.45) is 5.92 Å². The van der Waals surface area contributed by atoms with Crippen LogP contribution in [0.3, 0.4) is 0 Å². The molecule has 1 aliphatic heterocycles. The van der Waals surface area contributed by atoms with E-state index in [4.69, 9.17) is 0 Å². The molecule has 1 aromatic carbocycles. The van der Waals surface area contributed by atoms with Crippen molar-refractivity contribution in [2.45, 2.75) is 38.6 Å². The van der Waals surface area contributed by atoms with Gasteiger partial charge in [0, 0.05) is 23.0 Å². The van der Waals surface area contributed by atoms with E-state index in [0.29, 0.717) is 6.04 Å². The van der Waals surface area contributed by atoms with E-state index < -0.39 is 0 Å². The molecule has 1 aliphatic rings. The molecule has 4 heteroatoms. The Labute approximate surface area is 129 Å². The zero-order chi connectivity index (χ0) is 14.4. The fourth-order valence-electron chi connectivity index (χ4n) is 2.67. The predicted octanol–water partition coefficient (Wildman–Crippen LogP) is 2.89. The Bertz CT molecular complexity index is 444. The number of benzene rings is 1. The summed E-state index contributed by atoms with van der Waals surface area (Å²) in [4.78, 5) is 12.3. The summed E-state index contributed by atoms with van der Waals surface area (Å²) in [6, 6.07) is 8.67. The standard InChI is InChI=1S/C16H23BrN2O/c1-2-13(9-12-5-3-6-14(17)10-12)16(20)19-11-15-7-4-8-18-15/h3,5-6,10,13,15,18H,2,4,7-9,11H2,1H3,(H,19,20). The maximum Gasteiger partial charge on any atom is 0.223 e. The van der Waals surface area contributed by atoms with Crippen LogP contribution in [-0.4, -0.2) is 25.0 Å². The second kappa shape index (κ2) is 7.79. The first-order chi connectivity index (χ1) is 9.69. The average Bonchev–Trinajstić information content (AvgIpc) is 2.95. The quantitative estimate of drug-likeness (QED) is 0.837. The molecule has 0 radical (unpaired) electrons. The van der Waals surface area contributed by atoms with Crippen LogP contribution in [-0.2, 0) is 11.2 Å². The minimum Gasteiger partial charge on any atom is -0.354 e. The molecule has 0 bridgehead atoms. The van der Waals surface area contributed by atoms with Gasteiger partial charge in [0.25, 0.3) is 0 Å². The Morgan fingerprint density at radius 3 is 3.05 bits per heavy atom. The predicted molar refractivity (Wildman–Crippen MR) is 85.7 cm³/mol. The fraction of sp³-hybridized carbons (Fsp3) is 0.562. The normalized spacial score (nSPS) is 19.8. The third kappa shape index (κ3) is 4.60. The Balaban J connectivity index is 1.85. The number of hydrogen-bond acceptors (Lipinski definition) is 2. The van der Waals surface area contributed by atoms with Crippen molar-refractivity contribution >= 4 is 21.8 Å². The molecule has 110 valence electrons. The van der Waals surface area contributed by atoms with Crippen LogP contribution < -0.4 is 10.6 Å². The SMILES string of the molecule is CCC(Cc1cccc(Br)c1)C(=O)NCC1CCCN1. The summed E-state index contributed by atoms with van der Waals surface area (Å²) >= 11 is 3.48. The first kappa shape index (κ1) is 15.5. The first-order valence-corrected chi connectivity index (χ1v) is 8.24. The van der Waals surface area contributed by atoms with Crippen LogP contribution in [0.15, 0.2) is 28.7 Å². The van der Waals surface area contributed by atoms with E-state index in [9.17, 15) is 4.79 Å². The molecule has 0 spiro atoms. The molecule has 0 aliphatic carbocycles. The van der Waals surface area contributed by atoms with Crippen molar-refractivity contribution in [1.29, 1.82) is 0 Å². The monoisotopic (exact) mass is 338 g/mol. The van der Waals surface area contributed by atoms with E-state index in [1.165, 1.54) is 18.4 Å². The zero-order valence-electron chi connectivity index (χ0n) is 12.0. The largest absolute Gasteiger partial charge is 0.354 e. The molecule has 2 unspecified atom stereocenters. The van der Waals surface area contributed by atoms with E-state index in [1.54, 1.807) is 0 Å². The summed E-state index contributed by atoms with van der Waals surface area (Å²) in [5, 5.41) is 6.50. The van der Waals surface area contributed by atoms with Gasteiger partial charge in [-0.25, -0.2) is 0 Å². The molecular weight excluding hydrogens is 316 g/mol. The van der Waals surface area contributed by atoms with Crippen molar-refractivity contribution < 1.29 is 4.79 Å². The lowest BCUT2D eigenvalue weighted by Crippen LogP contribution is -2.40. The average molecular weight is 339 g/mol. The van der Waals surface area contributed by atoms with E-state index in [0.717, 1.165) is 30.4 Å². The Hall–Kier alpha value is -0.870. The van der Waals surface area contributed by atoms with Crippen LogP contribution in [0, 0.1) is 5.92 Å². The van der Waals surface area contributed by atoms with Crippen LogP contribution in [0.2, 0.25) is 0 Å². The highest BCUT2D eigenvalue weighted by Crippen LogP contribution is 2.17. The summed E-state index contributed by atoms with van der Waals surface area (Å²) < 4.78 is 1.07. The number of amides is 1. The molecule has 1 fully saturated rings. The van der Waals surface area contributed by atoms with Crippen molar-refractivity contribution in [3.63, 3.8) is 0 Å². The molecule has 1 heterocycles. The Morgan fingerprint density at radius 2 is 2.40 bits per heavy atom. The van der Waals surface area contributed by atoms with Gasteiger partial charge in [-0.1, -0.05) is 35.0 Å². The fourth-order valence-corrected chi connectivity index (χ4v) is 3.12. The van der Waals surface area contributed by atoms with Gasteiger partial charge in [0.05, 0.1) is 0 Å². The van der Waals surface area contributed by atoms with Crippen LogP contribution >= 0.6 is 15.9 Å². The number of hydrogen-bond donors (Lipinski definition) is 2. The third-order valence-corrected chi connectivity index (χ3v) is 4.41. The maximum absolute atomic E-state index is 12.3. The van der Waals surface area contributed by atoms with E-state index in [2.05, 4.69) is 45.6 Å². The van der Waals surface area contributed by atoms with E-state index in [1.807, 2.05) is 12.1 Å². The highest BCUT2D eigenvalue weighted by atomic mass is 79.9. The van der Waals surface area contributed by atoms with Crippen molar-refractivity contribution in [2.75, 3.05) is 13.1 Å². The Morgan fingerprint density at radius 1 is 1.55 bits per heavy atom. The van der Waals surface area contributed by atoms with Crippen molar-refractivity contribution in [3.05, 3.63) is 34.3 Å². The minimum atomic E-state index is 0.0608. The lowest BCUT2D eigenvalue weighted by atomic mass is 9.96. The summed E-state index contributed by atoms with van der Waals surface area (Å²) in [5.74, 6) is 0.242. The second-order valence-electron chi connectivity index (χ2n) is 5.48. The lowest BCUT2D eigenvalue weighted by Gasteiger charge is -2.17. The van der Waals surface area contributed by atoms with Gasteiger partial charge in [0.15, 0.2) is 0 Å². The van der Waals surface area contributed by atoms with Gasteiger partial charge in [0.2, 0.25) is 5.91 Å². The minimum absolute atomic E-state index is 0.0608. The topological polar surface area (TPSA) is 41.1 Å². The van der Waals surface area contributed by atoms with E-state index in [-0.39, 0.29) is 11.8 Å². The number of nitrogens with one attached hydrogen (secondary N) is 2. The van der Waals surface area contributed by atoms with Gasteiger partial charge in [-0.05, 0) is 49.9 Å². The van der Waals surface area contributed by atoms with Crippen molar-refractivity contribution in [3.8, 4) is 0 Å². The summed E-state index contributed by atoms with van der Waals surface area (Å²) in [7, 11) is 0. The molecular formula is C16H23BrN2O. The molecule has 1 aromatic rings. The van der Waals surface area contributed by atoms with Gasteiger partial charge in [-0.2, -0.15) is 0 Å². The van der Waals surface area contributed by atoms with Gasteiger partial charge >= 0.3 is 0 Å². The highest BCUT2D eigenvalue weighted by molar-refractivity contribution is 9.10. The lowest BCUT2D eigenvalue weighted by molar-refractivity contribution is -0.125. The number of carbonyl (C=O) groups excluding carboxylic acids is 1. The number of carbonyl (C=O) groups is 1. The van der Waals surface area contributed by atoms with Crippen LogP contribution in [0.1, 0.15) is 31.7 Å². The molecule has 1 saturated heterocycles. The molecule has 1 amide bonds.